The summed E-state index contributed by atoms with van der Waals surface area (Å²) in [4.78, 5) is 11.5. The van der Waals surface area contributed by atoms with Crippen LogP contribution in [0.4, 0.5) is 0 Å². The Hall–Kier alpha value is -1.31. The number of hydrogen-bond donors (Lipinski definition) is 1. The van der Waals surface area contributed by atoms with Gasteiger partial charge in [0, 0.05) is 6.54 Å². The van der Waals surface area contributed by atoms with Gasteiger partial charge >= 0.3 is 0 Å². The van der Waals surface area contributed by atoms with Gasteiger partial charge in [-0.25, -0.2) is 0 Å². The summed E-state index contributed by atoms with van der Waals surface area (Å²) in [5.41, 5.74) is 2.48. The minimum Gasteiger partial charge on any atom is -0.354 e. The first-order valence-corrected chi connectivity index (χ1v) is 4.70. The topological polar surface area (TPSA) is 29.1 Å². The quantitative estimate of drug-likeness (QED) is 0.583. The fraction of sp³-hybridized carbons (Fsp3) is 0.364. The molecule has 1 saturated heterocycles. The molecule has 3 rings (SSSR count). The predicted octanol–water partition coefficient (Wildman–Crippen LogP) is 1.00. The van der Waals surface area contributed by atoms with E-state index in [1.54, 1.807) is 0 Å². The van der Waals surface area contributed by atoms with Gasteiger partial charge in [-0.3, -0.25) is 4.79 Å². The molecule has 1 atom stereocenters. The fourth-order valence-electron chi connectivity index (χ4n) is 2.48. The van der Waals surface area contributed by atoms with Gasteiger partial charge in [-0.1, -0.05) is 24.3 Å². The summed E-state index contributed by atoms with van der Waals surface area (Å²) < 4.78 is 0. The number of amides is 1. The highest BCUT2D eigenvalue weighted by molar-refractivity contribution is 5.95. The van der Waals surface area contributed by atoms with Crippen molar-refractivity contribution < 1.29 is 4.79 Å². The first-order chi connectivity index (χ1) is 6.33. The molecule has 2 nitrogen and oxygen atoms in total. The summed E-state index contributed by atoms with van der Waals surface area (Å²) in [6.45, 7) is 0.836. The maximum absolute atomic E-state index is 11.5. The summed E-state index contributed by atoms with van der Waals surface area (Å²) in [5, 5.41) is 2.84. The van der Waals surface area contributed by atoms with Crippen LogP contribution >= 0.6 is 0 Å². The Morgan fingerprint density at radius 1 is 1.31 bits per heavy atom. The van der Waals surface area contributed by atoms with Gasteiger partial charge in [0.25, 0.3) is 0 Å². The molecule has 1 fully saturated rings. The van der Waals surface area contributed by atoms with Crippen LogP contribution in [0.1, 0.15) is 17.5 Å². The van der Waals surface area contributed by atoms with E-state index in [0.717, 1.165) is 19.4 Å². The molecule has 1 aliphatic carbocycles. The lowest BCUT2D eigenvalue weighted by Crippen LogP contribution is -2.60. The molecule has 1 amide bonds. The average molecular weight is 173 g/mol. The Morgan fingerprint density at radius 2 is 2.15 bits per heavy atom. The van der Waals surface area contributed by atoms with Gasteiger partial charge in [-0.15, -0.1) is 0 Å². The second-order valence-corrected chi connectivity index (χ2v) is 3.92. The molecular weight excluding hydrogens is 162 g/mol. The van der Waals surface area contributed by atoms with Crippen molar-refractivity contribution >= 4 is 5.91 Å². The van der Waals surface area contributed by atoms with Crippen LogP contribution in [0.15, 0.2) is 24.3 Å². The third-order valence-corrected chi connectivity index (χ3v) is 3.34. The number of aryl methyl sites for hydroxylation is 1. The zero-order chi connectivity index (χ0) is 8.89. The Kier molecular flexibility index (Phi) is 1.17. The van der Waals surface area contributed by atoms with E-state index in [1.807, 2.05) is 6.07 Å². The van der Waals surface area contributed by atoms with E-state index < -0.39 is 0 Å². The Balaban J connectivity index is 2.17. The molecule has 1 aliphatic heterocycles. The molecule has 1 spiro atoms. The van der Waals surface area contributed by atoms with Crippen molar-refractivity contribution in [3.05, 3.63) is 35.4 Å². The van der Waals surface area contributed by atoms with Crippen LogP contribution in [-0.4, -0.2) is 12.5 Å². The van der Waals surface area contributed by atoms with Crippen LogP contribution in [0.5, 0.6) is 0 Å². The molecule has 1 heterocycles. The zero-order valence-electron chi connectivity index (χ0n) is 7.34. The van der Waals surface area contributed by atoms with E-state index in [1.165, 1.54) is 11.1 Å². The van der Waals surface area contributed by atoms with Crippen molar-refractivity contribution in [3.63, 3.8) is 0 Å². The number of nitrogens with one attached hydrogen (secondary N) is 1. The monoisotopic (exact) mass is 173 g/mol. The first-order valence-electron chi connectivity index (χ1n) is 4.70. The number of rotatable bonds is 0. The van der Waals surface area contributed by atoms with Gasteiger partial charge in [0.15, 0.2) is 0 Å². The number of carbonyl (C=O) groups excluding carboxylic acids is 1. The highest BCUT2D eigenvalue weighted by Crippen LogP contribution is 2.42. The fourth-order valence-corrected chi connectivity index (χ4v) is 2.48. The van der Waals surface area contributed by atoms with E-state index in [0.29, 0.717) is 0 Å². The standard InChI is InChI=1S/C11H11NO/c13-10-11(7-12-10)6-5-8-3-1-2-4-9(8)11/h1-4H,5-7H2,(H,12,13). The van der Waals surface area contributed by atoms with Crippen LogP contribution in [0.3, 0.4) is 0 Å². The number of fused-ring (bicyclic) bond motifs is 2. The zero-order valence-corrected chi connectivity index (χ0v) is 7.34. The van der Waals surface area contributed by atoms with Crippen molar-refractivity contribution in [2.45, 2.75) is 18.3 Å². The van der Waals surface area contributed by atoms with Crippen molar-refractivity contribution in [3.8, 4) is 0 Å². The van der Waals surface area contributed by atoms with E-state index in [2.05, 4.69) is 23.5 Å². The Bertz CT molecular complexity index is 385. The first kappa shape index (κ1) is 7.13. The number of hydrogen-bond acceptors (Lipinski definition) is 1. The second kappa shape index (κ2) is 2.13. The summed E-state index contributed by atoms with van der Waals surface area (Å²) in [5.74, 6) is 0.220. The van der Waals surface area contributed by atoms with Crippen LogP contribution in [-0.2, 0) is 16.6 Å². The van der Waals surface area contributed by atoms with E-state index in [9.17, 15) is 4.79 Å². The number of benzene rings is 1. The molecule has 0 aromatic heterocycles. The Labute approximate surface area is 77.0 Å². The van der Waals surface area contributed by atoms with Gasteiger partial charge < -0.3 is 5.32 Å². The molecule has 1 N–H and O–H groups in total. The summed E-state index contributed by atoms with van der Waals surface area (Å²) in [6.07, 6.45) is 2.06. The number of β-lactam (4-membered cyclic amide) rings is 1. The lowest BCUT2D eigenvalue weighted by molar-refractivity contribution is -0.133. The van der Waals surface area contributed by atoms with E-state index >= 15 is 0 Å². The lowest BCUT2D eigenvalue weighted by atomic mass is 9.75. The molecule has 66 valence electrons. The maximum Gasteiger partial charge on any atom is 0.232 e. The normalized spacial score (nSPS) is 29.7. The third-order valence-electron chi connectivity index (χ3n) is 3.34. The molecule has 1 aromatic rings. The lowest BCUT2D eigenvalue weighted by Gasteiger charge is -2.38. The largest absolute Gasteiger partial charge is 0.354 e. The van der Waals surface area contributed by atoms with E-state index in [4.69, 9.17) is 0 Å². The highest BCUT2D eigenvalue weighted by Gasteiger charge is 2.51. The predicted molar refractivity (Wildman–Crippen MR) is 49.5 cm³/mol. The van der Waals surface area contributed by atoms with Gasteiger partial charge in [0.05, 0.1) is 5.41 Å². The van der Waals surface area contributed by atoms with Crippen molar-refractivity contribution in [2.75, 3.05) is 6.54 Å². The molecule has 13 heavy (non-hydrogen) atoms. The minimum atomic E-state index is -0.142. The highest BCUT2D eigenvalue weighted by atomic mass is 16.2. The smallest absolute Gasteiger partial charge is 0.232 e. The van der Waals surface area contributed by atoms with Crippen LogP contribution in [0, 0.1) is 0 Å². The van der Waals surface area contributed by atoms with Crippen LogP contribution < -0.4 is 5.32 Å². The molecule has 2 aliphatic rings. The van der Waals surface area contributed by atoms with Gasteiger partial charge in [-0.05, 0) is 24.0 Å². The molecule has 2 heteroatoms. The van der Waals surface area contributed by atoms with Gasteiger partial charge in [0.1, 0.15) is 0 Å². The molecule has 0 radical (unpaired) electrons. The molecule has 1 unspecified atom stereocenters. The maximum atomic E-state index is 11.5. The van der Waals surface area contributed by atoms with Gasteiger partial charge in [0.2, 0.25) is 5.91 Å². The van der Waals surface area contributed by atoms with Crippen molar-refractivity contribution in [1.29, 1.82) is 0 Å². The SMILES string of the molecule is O=C1NCC12CCc1ccccc12. The van der Waals surface area contributed by atoms with Crippen LogP contribution in [0.25, 0.3) is 0 Å². The number of carbonyl (C=O) groups is 1. The molecule has 1 aromatic carbocycles. The van der Waals surface area contributed by atoms with Gasteiger partial charge in [-0.2, -0.15) is 0 Å². The Morgan fingerprint density at radius 3 is 2.85 bits per heavy atom. The third kappa shape index (κ3) is 0.711. The molecule has 0 saturated carbocycles. The van der Waals surface area contributed by atoms with E-state index in [-0.39, 0.29) is 11.3 Å². The molecule has 0 bridgehead atoms. The second-order valence-electron chi connectivity index (χ2n) is 3.92. The van der Waals surface area contributed by atoms with Crippen molar-refractivity contribution in [2.24, 2.45) is 0 Å². The van der Waals surface area contributed by atoms with Crippen LogP contribution in [0.2, 0.25) is 0 Å². The summed E-state index contributed by atoms with van der Waals surface area (Å²) in [6, 6.07) is 8.31. The average Bonchev–Trinajstić information content (AvgIpc) is 2.57. The minimum absolute atomic E-state index is 0.142. The summed E-state index contributed by atoms with van der Waals surface area (Å²) >= 11 is 0. The van der Waals surface area contributed by atoms with Crippen molar-refractivity contribution in [1.82, 2.24) is 5.32 Å². The molecular formula is C11H11NO. The summed E-state index contributed by atoms with van der Waals surface area (Å²) in [7, 11) is 0.